The number of hydrogen-bond acceptors (Lipinski definition) is 3. The summed E-state index contributed by atoms with van der Waals surface area (Å²) in [5, 5.41) is 0. The first-order chi connectivity index (χ1) is 9.75. The molecule has 0 bridgehead atoms. The highest BCUT2D eigenvalue weighted by molar-refractivity contribution is 6.10. The fraction of sp³-hybridized carbons (Fsp3) is 0.412. The van der Waals surface area contributed by atoms with Gasteiger partial charge in [0.15, 0.2) is 5.78 Å². The summed E-state index contributed by atoms with van der Waals surface area (Å²) in [5.74, 6) is -1.07. The number of carbonyl (C=O) groups is 2. The molecule has 0 fully saturated rings. The molecule has 2 aliphatic carbocycles. The van der Waals surface area contributed by atoms with E-state index in [1.165, 1.54) is 0 Å². The Morgan fingerprint density at radius 3 is 2.85 bits per heavy atom. The molecule has 0 amide bonds. The van der Waals surface area contributed by atoms with Crippen molar-refractivity contribution in [3.8, 4) is 0 Å². The molecule has 0 aliphatic heterocycles. The number of rotatable bonds is 2. The number of ketones is 1. The summed E-state index contributed by atoms with van der Waals surface area (Å²) in [6.45, 7) is 0. The lowest BCUT2D eigenvalue weighted by Gasteiger charge is -2.24. The fourth-order valence-corrected chi connectivity index (χ4v) is 2.93. The van der Waals surface area contributed by atoms with Crippen molar-refractivity contribution < 1.29 is 14.3 Å². The Hall–Kier alpha value is -1.90. The molecule has 0 aromatic heterocycles. The Morgan fingerprint density at radius 1 is 1.20 bits per heavy atom. The molecular weight excluding hydrogens is 252 g/mol. The number of esters is 1. The van der Waals surface area contributed by atoms with E-state index in [2.05, 4.69) is 0 Å². The van der Waals surface area contributed by atoms with Gasteiger partial charge in [-0.1, -0.05) is 30.3 Å². The zero-order chi connectivity index (χ0) is 13.9. The van der Waals surface area contributed by atoms with Gasteiger partial charge >= 0.3 is 5.97 Å². The van der Waals surface area contributed by atoms with Crippen LogP contribution in [-0.2, 0) is 16.0 Å². The van der Waals surface area contributed by atoms with E-state index < -0.39 is 5.92 Å². The van der Waals surface area contributed by atoms with E-state index >= 15 is 0 Å². The summed E-state index contributed by atoms with van der Waals surface area (Å²) >= 11 is 0. The highest BCUT2D eigenvalue weighted by Gasteiger charge is 2.34. The molecule has 3 rings (SSSR count). The number of carbonyl (C=O) groups excluding carboxylic acids is 2. The highest BCUT2D eigenvalue weighted by Crippen LogP contribution is 2.27. The van der Waals surface area contributed by atoms with Crippen molar-refractivity contribution in [1.29, 1.82) is 0 Å². The number of ether oxygens (including phenoxy) is 1. The molecular formula is C17H18O3. The van der Waals surface area contributed by atoms with Crippen LogP contribution >= 0.6 is 0 Å². The van der Waals surface area contributed by atoms with E-state index in [1.54, 1.807) is 6.07 Å². The van der Waals surface area contributed by atoms with Crippen LogP contribution in [0.15, 0.2) is 36.4 Å². The second kappa shape index (κ2) is 5.61. The summed E-state index contributed by atoms with van der Waals surface area (Å²) in [6, 6.07) is 7.53. The molecule has 20 heavy (non-hydrogen) atoms. The van der Waals surface area contributed by atoms with Gasteiger partial charge in [-0.15, -0.1) is 0 Å². The Balaban J connectivity index is 1.72. The number of allylic oxidation sites excluding steroid dienone is 1. The summed E-state index contributed by atoms with van der Waals surface area (Å²) < 4.78 is 5.47. The first-order valence-electron chi connectivity index (χ1n) is 7.25. The quantitative estimate of drug-likeness (QED) is 0.471. The molecule has 0 saturated carbocycles. The Morgan fingerprint density at radius 2 is 2.05 bits per heavy atom. The van der Waals surface area contributed by atoms with Crippen molar-refractivity contribution >= 4 is 11.8 Å². The fourth-order valence-electron chi connectivity index (χ4n) is 2.93. The highest BCUT2D eigenvalue weighted by atomic mass is 16.5. The molecule has 1 aromatic rings. The van der Waals surface area contributed by atoms with Gasteiger partial charge in [0.2, 0.25) is 0 Å². The van der Waals surface area contributed by atoms with Gasteiger partial charge in [-0.25, -0.2) is 0 Å². The van der Waals surface area contributed by atoms with Crippen LogP contribution in [-0.4, -0.2) is 17.9 Å². The van der Waals surface area contributed by atoms with E-state index in [0.29, 0.717) is 12.0 Å². The first kappa shape index (κ1) is 13.1. The molecule has 104 valence electrons. The maximum atomic E-state index is 12.4. The maximum Gasteiger partial charge on any atom is 0.317 e. The SMILES string of the molecule is O=C(OC1C=CCCC1)C1CCc2ccccc2C1=O. The average molecular weight is 270 g/mol. The largest absolute Gasteiger partial charge is 0.458 e. The van der Waals surface area contributed by atoms with Gasteiger partial charge in [-0.2, -0.15) is 0 Å². The summed E-state index contributed by atoms with van der Waals surface area (Å²) in [7, 11) is 0. The lowest BCUT2D eigenvalue weighted by molar-refractivity contribution is -0.150. The smallest absolute Gasteiger partial charge is 0.317 e. The van der Waals surface area contributed by atoms with E-state index in [4.69, 9.17) is 4.74 Å². The minimum absolute atomic E-state index is 0.0864. The second-order valence-corrected chi connectivity index (χ2v) is 5.45. The van der Waals surface area contributed by atoms with Crippen molar-refractivity contribution in [2.24, 2.45) is 5.92 Å². The van der Waals surface area contributed by atoms with E-state index in [1.807, 2.05) is 30.4 Å². The van der Waals surface area contributed by atoms with E-state index in [0.717, 1.165) is 31.2 Å². The molecule has 2 atom stereocenters. The van der Waals surface area contributed by atoms with Gasteiger partial charge in [0.1, 0.15) is 12.0 Å². The molecule has 1 aromatic carbocycles. The van der Waals surface area contributed by atoms with E-state index in [-0.39, 0.29) is 17.9 Å². The molecule has 0 N–H and O–H groups in total. The van der Waals surface area contributed by atoms with Gasteiger partial charge in [0.05, 0.1) is 0 Å². The minimum Gasteiger partial charge on any atom is -0.458 e. The van der Waals surface area contributed by atoms with Crippen LogP contribution < -0.4 is 0 Å². The van der Waals surface area contributed by atoms with Crippen LogP contribution in [0.25, 0.3) is 0 Å². The average Bonchev–Trinajstić information content (AvgIpc) is 2.49. The van der Waals surface area contributed by atoms with Gasteiger partial charge in [-0.3, -0.25) is 9.59 Å². The van der Waals surface area contributed by atoms with Crippen molar-refractivity contribution in [1.82, 2.24) is 0 Å². The van der Waals surface area contributed by atoms with E-state index in [9.17, 15) is 9.59 Å². The van der Waals surface area contributed by atoms with Crippen LogP contribution in [0.2, 0.25) is 0 Å². The molecule has 2 unspecified atom stereocenters. The van der Waals surface area contributed by atoms with Gasteiger partial charge < -0.3 is 4.74 Å². The third kappa shape index (κ3) is 2.53. The Labute approximate surface area is 118 Å². The molecule has 2 aliphatic rings. The van der Waals surface area contributed by atoms with Crippen LogP contribution in [0, 0.1) is 5.92 Å². The zero-order valence-electron chi connectivity index (χ0n) is 11.4. The Kier molecular flexibility index (Phi) is 3.68. The van der Waals surface area contributed by atoms with Crippen molar-refractivity contribution in [2.45, 2.75) is 38.2 Å². The van der Waals surface area contributed by atoms with Gasteiger partial charge in [-0.05, 0) is 43.7 Å². The lowest BCUT2D eigenvalue weighted by Crippen LogP contribution is -2.33. The molecule has 0 heterocycles. The molecule has 0 saturated heterocycles. The number of hydrogen-bond donors (Lipinski definition) is 0. The third-order valence-corrected chi connectivity index (χ3v) is 4.06. The maximum absolute atomic E-state index is 12.4. The van der Waals surface area contributed by atoms with Gasteiger partial charge in [0.25, 0.3) is 0 Å². The zero-order valence-corrected chi connectivity index (χ0v) is 11.4. The summed E-state index contributed by atoms with van der Waals surface area (Å²) in [6.07, 6.45) is 8.09. The van der Waals surface area contributed by atoms with Crippen LogP contribution in [0.1, 0.15) is 41.6 Å². The summed E-state index contributed by atoms with van der Waals surface area (Å²) in [4.78, 5) is 24.6. The van der Waals surface area contributed by atoms with Crippen LogP contribution in [0.3, 0.4) is 0 Å². The standard InChI is InChI=1S/C17H18O3/c18-16-14-9-5-4-6-12(14)10-11-15(16)17(19)20-13-7-2-1-3-8-13/h2,4-7,9,13,15H,1,3,8,10-11H2. The topological polar surface area (TPSA) is 43.4 Å². The number of benzene rings is 1. The predicted molar refractivity (Wildman–Crippen MR) is 75.5 cm³/mol. The van der Waals surface area contributed by atoms with Crippen molar-refractivity contribution in [3.63, 3.8) is 0 Å². The third-order valence-electron chi connectivity index (χ3n) is 4.06. The minimum atomic E-state index is -0.625. The number of Topliss-reactive ketones (excluding diaryl/α,β-unsaturated/α-hetero) is 1. The molecule has 0 spiro atoms. The monoisotopic (exact) mass is 270 g/mol. The first-order valence-corrected chi connectivity index (χ1v) is 7.25. The van der Waals surface area contributed by atoms with Crippen LogP contribution in [0.5, 0.6) is 0 Å². The number of aryl methyl sites for hydroxylation is 1. The normalized spacial score (nSPS) is 25.1. The molecule has 3 nitrogen and oxygen atoms in total. The molecule has 3 heteroatoms. The number of fused-ring (bicyclic) bond motifs is 1. The predicted octanol–water partition coefficient (Wildman–Crippen LogP) is 3.08. The van der Waals surface area contributed by atoms with Crippen molar-refractivity contribution in [2.75, 3.05) is 0 Å². The van der Waals surface area contributed by atoms with Gasteiger partial charge in [0, 0.05) is 5.56 Å². The van der Waals surface area contributed by atoms with Crippen molar-refractivity contribution in [3.05, 3.63) is 47.5 Å². The lowest BCUT2D eigenvalue weighted by atomic mass is 9.83. The second-order valence-electron chi connectivity index (χ2n) is 5.45. The Bertz CT molecular complexity index is 559. The van der Waals surface area contributed by atoms with Crippen LogP contribution in [0.4, 0.5) is 0 Å². The molecule has 0 radical (unpaired) electrons. The summed E-state index contributed by atoms with van der Waals surface area (Å²) in [5.41, 5.74) is 1.72.